The second kappa shape index (κ2) is 15.5. The molecule has 1 saturated carbocycles. The summed E-state index contributed by atoms with van der Waals surface area (Å²) in [6.45, 7) is 4.89. The summed E-state index contributed by atoms with van der Waals surface area (Å²) in [5.74, 6) is 0.00610. The zero-order valence-corrected chi connectivity index (χ0v) is 22.8. The molecule has 0 aromatic heterocycles. The zero-order valence-electron chi connectivity index (χ0n) is 16.5. The number of allylic oxidation sites excluding steroid dienone is 4. The third kappa shape index (κ3) is 9.70. The summed E-state index contributed by atoms with van der Waals surface area (Å²) in [6.07, 6.45) is 22.3. The summed E-state index contributed by atoms with van der Waals surface area (Å²) in [4.78, 5) is 13.0. The molecule has 0 aromatic rings. The fraction of sp³-hybridized carbons (Fsp3) is 0.750. The Labute approximate surface area is 182 Å². The van der Waals surface area contributed by atoms with Crippen LogP contribution in [0.1, 0.15) is 77.0 Å². The number of carbonyl (C=O) groups is 1. The summed E-state index contributed by atoms with van der Waals surface area (Å²) in [5, 5.41) is 0. The Balaban J connectivity index is 0.00000312. The molecule has 2 nitrogen and oxygen atoms in total. The van der Waals surface area contributed by atoms with Crippen molar-refractivity contribution in [2.75, 3.05) is 0 Å². The van der Waals surface area contributed by atoms with Crippen molar-refractivity contribution in [2.45, 2.75) is 90.1 Å². The van der Waals surface area contributed by atoms with E-state index in [1.54, 1.807) is 3.33 Å². The van der Waals surface area contributed by atoms with Gasteiger partial charge in [-0.3, -0.25) is 0 Å². The van der Waals surface area contributed by atoms with Crippen LogP contribution in [0.3, 0.4) is 0 Å². The first kappa shape index (κ1) is 26.6. The van der Waals surface area contributed by atoms with E-state index in [-0.39, 0.29) is 24.8 Å². The third-order valence-electron chi connectivity index (χ3n) is 5.43. The molecule has 0 bridgehead atoms. The second-order valence-corrected chi connectivity index (χ2v) is 33.5. The number of hydrogen-bond donors (Lipinski definition) is 1. The van der Waals surface area contributed by atoms with Crippen LogP contribution in [-0.2, 0) is 25.7 Å². The fourth-order valence-corrected chi connectivity index (χ4v) is 23.4. The summed E-state index contributed by atoms with van der Waals surface area (Å²) in [5.41, 5.74) is 0. The molecule has 1 amide bonds. The van der Waals surface area contributed by atoms with Crippen LogP contribution in [0.4, 0.5) is 0 Å². The molecule has 0 unspecified atom stereocenters. The van der Waals surface area contributed by atoms with Gasteiger partial charge in [0.05, 0.1) is 0 Å². The predicted octanol–water partition coefficient (Wildman–Crippen LogP) is -0.608. The van der Waals surface area contributed by atoms with Gasteiger partial charge in [-0.1, -0.05) is 0 Å². The first-order valence-electron chi connectivity index (χ1n) is 10.2. The van der Waals surface area contributed by atoms with Gasteiger partial charge in [0, 0.05) is 0 Å². The molecule has 2 aliphatic rings. The van der Waals surface area contributed by atoms with Gasteiger partial charge < -0.3 is 24.8 Å². The quantitative estimate of drug-likeness (QED) is 0.440. The average Bonchev–Trinajstić information content (AvgIpc) is 3.06. The van der Waals surface area contributed by atoms with Crippen molar-refractivity contribution in [1.82, 2.24) is 3.30 Å². The molecule has 1 N–H and O–H groups in total. The largest absolute Gasteiger partial charge is 1.00 e. The van der Waals surface area contributed by atoms with Crippen molar-refractivity contribution in [3.05, 3.63) is 21.6 Å². The van der Waals surface area contributed by atoms with Crippen LogP contribution in [0.25, 0.3) is 0 Å². The van der Waals surface area contributed by atoms with Crippen molar-refractivity contribution in [3.63, 3.8) is 0 Å². The number of rotatable bonds is 4. The van der Waals surface area contributed by atoms with Crippen LogP contribution in [-0.4, -0.2) is 11.9 Å². The van der Waals surface area contributed by atoms with E-state index in [1.807, 2.05) is 0 Å². The Hall–Kier alpha value is 0.617. The van der Waals surface area contributed by atoms with Crippen molar-refractivity contribution < 1.29 is 50.5 Å². The van der Waals surface area contributed by atoms with Crippen LogP contribution in [0, 0.1) is 5.92 Å². The van der Waals surface area contributed by atoms with Crippen LogP contribution in [0.15, 0.2) is 21.6 Å². The van der Waals surface area contributed by atoms with Crippen molar-refractivity contribution in [2.24, 2.45) is 5.92 Å². The van der Waals surface area contributed by atoms with Gasteiger partial charge in [0.2, 0.25) is 0 Å². The Morgan fingerprint density at radius 3 is 1.88 bits per heavy atom. The molecule has 0 aromatic carbocycles. The van der Waals surface area contributed by atoms with E-state index in [0.29, 0.717) is 11.8 Å². The molecule has 0 atom stereocenters. The maximum absolute atomic E-state index is 13.0. The van der Waals surface area contributed by atoms with Crippen LogP contribution in [0.5, 0.6) is 0 Å². The molecule has 0 aliphatic heterocycles. The van der Waals surface area contributed by atoms with Crippen LogP contribution in [0.2, 0.25) is 13.1 Å². The standard InChI is InChI=1S/C13H25NO.C5H5.C2H7Si.2ClH.Hf/c14-13(15)12-10-8-6-4-2-1-3-5-7-9-11-12;1-2-4-5-3-1;1-3-2;;;/h12H,1-11H2,(H2,14,15);1-3H,4H2;3H,1-2H3;2*1H;/q;;;;;+3/p-3. The Kier molecular flexibility index (Phi) is 15.9. The first-order valence-corrected chi connectivity index (χ1v) is 22.9. The van der Waals surface area contributed by atoms with E-state index < -0.39 is 26.9 Å². The SMILES string of the molecule is C[SiH](C)[Hf+2]([NH]C(=O)C1CCCCCCCCCCC1)[C]1=CC=CC1.[Cl-].[Cl-]. The van der Waals surface area contributed by atoms with Crippen molar-refractivity contribution in [3.8, 4) is 0 Å². The van der Waals surface area contributed by atoms with E-state index in [2.05, 4.69) is 34.6 Å². The van der Waals surface area contributed by atoms with Gasteiger partial charge in [0.1, 0.15) is 0 Å². The minimum atomic E-state index is -2.04. The number of carbonyl (C=O) groups excluding carboxylic acids is 1. The predicted molar refractivity (Wildman–Crippen MR) is 103 cm³/mol. The van der Waals surface area contributed by atoms with Crippen LogP contribution < -0.4 is 28.1 Å². The monoisotopic (exact) mass is 584 g/mol. The summed E-state index contributed by atoms with van der Waals surface area (Å²) in [7, 11) is 0. The molecule has 6 heteroatoms. The van der Waals surface area contributed by atoms with Gasteiger partial charge in [-0.05, 0) is 0 Å². The van der Waals surface area contributed by atoms with E-state index >= 15 is 0 Å². The molecule has 2 aliphatic carbocycles. The van der Waals surface area contributed by atoms with Crippen LogP contribution >= 0.6 is 0 Å². The number of hydrogen-bond acceptors (Lipinski definition) is 1. The minimum Gasteiger partial charge on any atom is -1.00 e. The van der Waals surface area contributed by atoms with Crippen molar-refractivity contribution >= 4 is 11.9 Å². The van der Waals surface area contributed by atoms with Gasteiger partial charge >= 0.3 is 159 Å². The zero-order chi connectivity index (χ0) is 17.2. The summed E-state index contributed by atoms with van der Waals surface area (Å²) >= 11 is -2.04. The van der Waals surface area contributed by atoms with E-state index in [9.17, 15) is 4.79 Å². The van der Waals surface area contributed by atoms with Gasteiger partial charge in [0.15, 0.2) is 0 Å². The number of amides is 1. The maximum Gasteiger partial charge on any atom is -1.00 e. The average molecular weight is 584 g/mol. The molecule has 1 fully saturated rings. The van der Waals surface area contributed by atoms with E-state index in [0.717, 1.165) is 19.3 Å². The van der Waals surface area contributed by atoms with Gasteiger partial charge in [0.25, 0.3) is 0 Å². The smallest absolute Gasteiger partial charge is 1.00 e. The molecular formula is C20H36Cl2HfNOSi. The minimum absolute atomic E-state index is 0. The van der Waals surface area contributed by atoms with E-state index in [4.69, 9.17) is 0 Å². The second-order valence-electron chi connectivity index (χ2n) is 7.84. The topological polar surface area (TPSA) is 29.1 Å². The maximum atomic E-state index is 13.0. The van der Waals surface area contributed by atoms with E-state index in [1.165, 1.54) is 57.8 Å². The molecular weight excluding hydrogens is 548 g/mol. The van der Waals surface area contributed by atoms with Gasteiger partial charge in [-0.2, -0.15) is 0 Å². The number of halogens is 2. The molecule has 2 rings (SSSR count). The Morgan fingerprint density at radius 1 is 0.962 bits per heavy atom. The summed E-state index contributed by atoms with van der Waals surface area (Å²) < 4.78 is 5.31. The molecule has 0 saturated heterocycles. The number of nitrogens with one attached hydrogen (secondary N) is 1. The summed E-state index contributed by atoms with van der Waals surface area (Å²) in [6, 6.07) is 0. The molecule has 0 heterocycles. The Bertz CT molecular complexity index is 445. The first-order chi connectivity index (χ1) is 11.7. The van der Waals surface area contributed by atoms with Gasteiger partial charge in [-0.25, -0.2) is 0 Å². The molecule has 0 radical (unpaired) electrons. The fourth-order valence-electron chi connectivity index (χ4n) is 3.90. The Morgan fingerprint density at radius 2 is 1.46 bits per heavy atom. The molecule has 0 spiro atoms. The molecule has 26 heavy (non-hydrogen) atoms. The molecule has 149 valence electrons. The van der Waals surface area contributed by atoms with Gasteiger partial charge in [-0.15, -0.1) is 0 Å². The normalized spacial score (nSPS) is 19.4. The van der Waals surface area contributed by atoms with Crippen molar-refractivity contribution in [1.29, 1.82) is 0 Å². The third-order valence-corrected chi connectivity index (χ3v) is 28.9.